The van der Waals surface area contributed by atoms with Gasteiger partial charge in [0, 0.05) is 6.42 Å². The van der Waals surface area contributed by atoms with E-state index < -0.39 is 18.0 Å². The zero-order chi connectivity index (χ0) is 13.8. The first-order valence-corrected chi connectivity index (χ1v) is 6.20. The van der Waals surface area contributed by atoms with Gasteiger partial charge < -0.3 is 0 Å². The second-order valence-corrected chi connectivity index (χ2v) is 5.30. The minimum atomic E-state index is -4.08. The largest absolute Gasteiger partial charge is 0.389 e. The molecule has 0 spiro atoms. The van der Waals surface area contributed by atoms with Crippen molar-refractivity contribution in [3.05, 3.63) is 42.3 Å². The fourth-order valence-electron chi connectivity index (χ4n) is 1.93. The molecule has 1 aromatic rings. The highest BCUT2D eigenvalue weighted by Gasteiger charge is 2.31. The molecule has 1 rings (SSSR count). The summed E-state index contributed by atoms with van der Waals surface area (Å²) in [6.07, 6.45) is -2.96. The van der Waals surface area contributed by atoms with Gasteiger partial charge in [-0.3, -0.25) is 0 Å². The van der Waals surface area contributed by atoms with Crippen molar-refractivity contribution >= 4 is 0 Å². The Labute approximate surface area is 107 Å². The highest BCUT2D eigenvalue weighted by atomic mass is 19.4. The van der Waals surface area contributed by atoms with Crippen LogP contribution in [0.25, 0.3) is 0 Å². The fraction of sp³-hybridized carbons (Fsp3) is 0.533. The van der Waals surface area contributed by atoms with Crippen LogP contribution >= 0.6 is 0 Å². The third-order valence-corrected chi connectivity index (χ3v) is 3.23. The maximum Gasteiger partial charge on any atom is 0.389 e. The van der Waals surface area contributed by atoms with E-state index in [0.717, 1.165) is 18.4 Å². The molecule has 0 aromatic heterocycles. The van der Waals surface area contributed by atoms with Crippen LogP contribution < -0.4 is 0 Å². The van der Waals surface area contributed by atoms with Gasteiger partial charge in [-0.15, -0.1) is 0 Å². The third kappa shape index (κ3) is 4.71. The van der Waals surface area contributed by atoms with E-state index in [1.54, 1.807) is 0 Å². The molecule has 0 aliphatic carbocycles. The minimum absolute atomic E-state index is 0.116. The van der Waals surface area contributed by atoms with Crippen LogP contribution in [0.15, 0.2) is 24.3 Å². The van der Waals surface area contributed by atoms with Gasteiger partial charge in [0.1, 0.15) is 0 Å². The molecule has 3 heteroatoms. The quantitative estimate of drug-likeness (QED) is 0.690. The average molecular weight is 257 g/mol. The molecule has 0 unspecified atom stereocenters. The van der Waals surface area contributed by atoms with Crippen molar-refractivity contribution in [2.75, 3.05) is 0 Å². The molecule has 0 saturated carbocycles. The monoisotopic (exact) mass is 257 g/mol. The molecule has 0 aliphatic rings. The van der Waals surface area contributed by atoms with E-state index in [-0.39, 0.29) is 6.42 Å². The van der Waals surface area contributed by atoms with Gasteiger partial charge in [0.25, 0.3) is 0 Å². The first-order chi connectivity index (χ1) is 8.24. The molecule has 0 bridgehead atoms. The third-order valence-electron chi connectivity index (χ3n) is 3.23. The Hall–Kier alpha value is -0.990. The first kappa shape index (κ1) is 15.1. The highest BCUT2D eigenvalue weighted by Crippen LogP contribution is 2.33. The second-order valence-electron chi connectivity index (χ2n) is 5.30. The maximum absolute atomic E-state index is 12.3. The van der Waals surface area contributed by atoms with Gasteiger partial charge in [0.15, 0.2) is 0 Å². The summed E-state index contributed by atoms with van der Waals surface area (Å²) in [4.78, 5) is 0. The molecule has 0 aliphatic heterocycles. The van der Waals surface area contributed by atoms with Crippen LogP contribution in [-0.4, -0.2) is 6.18 Å². The summed E-state index contributed by atoms with van der Waals surface area (Å²) in [6.45, 7) is 7.50. The Morgan fingerprint density at radius 2 is 1.56 bits per heavy atom. The predicted molar refractivity (Wildman–Crippen MR) is 68.4 cm³/mol. The number of hydrogen-bond acceptors (Lipinski definition) is 0. The molecule has 0 heterocycles. The molecule has 0 atom stereocenters. The van der Waals surface area contributed by atoms with Gasteiger partial charge in [-0.05, 0) is 35.8 Å². The summed E-state index contributed by atoms with van der Waals surface area (Å²) in [6, 6.07) is 7.83. The van der Waals surface area contributed by atoms with Crippen molar-refractivity contribution in [3.63, 3.8) is 0 Å². The van der Waals surface area contributed by atoms with Gasteiger partial charge in [0.2, 0.25) is 0 Å². The van der Waals surface area contributed by atoms with Crippen molar-refractivity contribution in [3.8, 4) is 0 Å². The molecule has 1 radical (unpaired) electrons. The van der Waals surface area contributed by atoms with Crippen LogP contribution in [0.4, 0.5) is 13.2 Å². The molecule has 0 nitrogen and oxygen atoms in total. The average Bonchev–Trinajstić information content (AvgIpc) is 2.27. The normalized spacial score (nSPS) is 12.8. The number of rotatable bonds is 5. The van der Waals surface area contributed by atoms with E-state index >= 15 is 0 Å². The summed E-state index contributed by atoms with van der Waals surface area (Å²) in [7, 11) is 0. The van der Waals surface area contributed by atoms with Gasteiger partial charge in [-0.1, -0.05) is 45.0 Å². The molecular formula is C15H20F3. The van der Waals surface area contributed by atoms with Crippen molar-refractivity contribution in [2.45, 2.75) is 51.1 Å². The molecule has 0 N–H and O–H groups in total. The van der Waals surface area contributed by atoms with Gasteiger partial charge in [-0.2, -0.15) is 13.2 Å². The van der Waals surface area contributed by atoms with Crippen LogP contribution in [0.3, 0.4) is 0 Å². The lowest BCUT2D eigenvalue weighted by atomic mass is 9.80. The van der Waals surface area contributed by atoms with E-state index in [1.165, 1.54) is 5.56 Å². The maximum atomic E-state index is 12.3. The number of alkyl halides is 3. The van der Waals surface area contributed by atoms with Crippen molar-refractivity contribution < 1.29 is 13.2 Å². The smallest absolute Gasteiger partial charge is 0.171 e. The Kier molecular flexibility index (Phi) is 4.83. The van der Waals surface area contributed by atoms with E-state index in [2.05, 4.69) is 6.92 Å². The molecule has 18 heavy (non-hydrogen) atoms. The van der Waals surface area contributed by atoms with Gasteiger partial charge >= 0.3 is 6.18 Å². The van der Waals surface area contributed by atoms with Crippen LogP contribution in [-0.2, 0) is 11.8 Å². The Morgan fingerprint density at radius 1 is 1.00 bits per heavy atom. The van der Waals surface area contributed by atoms with Crippen molar-refractivity contribution in [1.82, 2.24) is 0 Å². The van der Waals surface area contributed by atoms with Crippen LogP contribution in [0.1, 0.15) is 44.2 Å². The Balaban J connectivity index is 2.72. The lowest BCUT2D eigenvalue weighted by molar-refractivity contribution is -0.138. The van der Waals surface area contributed by atoms with Crippen molar-refractivity contribution in [1.29, 1.82) is 0 Å². The predicted octanol–water partition coefficient (Wildman–Crippen LogP) is 5.07. The lowest BCUT2D eigenvalue weighted by Gasteiger charge is -2.26. The standard InChI is InChI=1S/C15H20F3/c1-4-5-12-6-8-13(9-7-12)14(2,3)10-11-15(16,17)18/h6-9H,1,4-5,10-11H2,2-3H3. The fourth-order valence-corrected chi connectivity index (χ4v) is 1.93. The number of halogens is 3. The summed E-state index contributed by atoms with van der Waals surface area (Å²) in [5.41, 5.74) is 1.69. The van der Waals surface area contributed by atoms with E-state index in [0.29, 0.717) is 0 Å². The van der Waals surface area contributed by atoms with Crippen LogP contribution in [0.2, 0.25) is 0 Å². The van der Waals surface area contributed by atoms with Gasteiger partial charge in [0.05, 0.1) is 0 Å². The second kappa shape index (κ2) is 5.77. The minimum Gasteiger partial charge on any atom is -0.171 e. The van der Waals surface area contributed by atoms with E-state index in [1.807, 2.05) is 38.1 Å². The van der Waals surface area contributed by atoms with E-state index in [9.17, 15) is 13.2 Å². The Morgan fingerprint density at radius 3 is 2.00 bits per heavy atom. The SMILES string of the molecule is [CH2]CCc1ccc(C(C)(C)CCC(F)(F)F)cc1. The molecule has 1 aromatic carbocycles. The van der Waals surface area contributed by atoms with Crippen molar-refractivity contribution in [2.24, 2.45) is 0 Å². The Bertz CT molecular complexity index is 360. The molecule has 101 valence electrons. The van der Waals surface area contributed by atoms with E-state index in [4.69, 9.17) is 0 Å². The first-order valence-electron chi connectivity index (χ1n) is 6.20. The summed E-state index contributed by atoms with van der Waals surface area (Å²) in [5, 5.41) is 0. The van der Waals surface area contributed by atoms with Gasteiger partial charge in [-0.25, -0.2) is 0 Å². The highest BCUT2D eigenvalue weighted by molar-refractivity contribution is 5.28. The number of benzene rings is 1. The molecule has 0 saturated heterocycles. The summed E-state index contributed by atoms with van der Waals surface area (Å²) in [5.74, 6) is 0. The number of hydrogen-bond donors (Lipinski definition) is 0. The lowest BCUT2D eigenvalue weighted by Crippen LogP contribution is -2.21. The van der Waals surface area contributed by atoms with Crippen LogP contribution in [0, 0.1) is 6.92 Å². The molecule has 0 fully saturated rings. The zero-order valence-electron chi connectivity index (χ0n) is 11.0. The summed E-state index contributed by atoms with van der Waals surface area (Å²) < 4.78 is 36.8. The zero-order valence-corrected chi connectivity index (χ0v) is 11.0. The summed E-state index contributed by atoms with van der Waals surface area (Å²) >= 11 is 0. The topological polar surface area (TPSA) is 0 Å². The molecular weight excluding hydrogens is 237 g/mol. The number of aryl methyl sites for hydroxylation is 1. The molecule has 0 amide bonds. The van der Waals surface area contributed by atoms with Crippen LogP contribution in [0.5, 0.6) is 0 Å².